The van der Waals surface area contributed by atoms with Crippen molar-refractivity contribution in [3.05, 3.63) is 62.7 Å². The first kappa shape index (κ1) is 21.5. The van der Waals surface area contributed by atoms with Gasteiger partial charge in [-0.15, -0.1) is 0 Å². The van der Waals surface area contributed by atoms with Gasteiger partial charge in [0.1, 0.15) is 23.7 Å². The molecule has 0 atom stereocenters. The summed E-state index contributed by atoms with van der Waals surface area (Å²) in [6, 6.07) is 5.76. The molecule has 0 radical (unpaired) electrons. The minimum absolute atomic E-state index is 0.0116. The molecule has 1 N–H and O–H groups in total. The molecular formula is C17H14ClF3N2O5. The lowest BCUT2D eigenvalue weighted by Gasteiger charge is -2.12. The summed E-state index contributed by atoms with van der Waals surface area (Å²) in [7, 11) is 1.64. The molecule has 0 heterocycles. The maximum atomic E-state index is 12.7. The van der Waals surface area contributed by atoms with Crippen LogP contribution in [0.3, 0.4) is 0 Å². The van der Waals surface area contributed by atoms with Gasteiger partial charge in [-0.2, -0.15) is 13.2 Å². The summed E-state index contributed by atoms with van der Waals surface area (Å²) in [5.74, 6) is -1.09. The third kappa shape index (κ3) is 5.33. The van der Waals surface area contributed by atoms with Gasteiger partial charge in [0, 0.05) is 18.7 Å². The Balaban J connectivity index is 2.30. The summed E-state index contributed by atoms with van der Waals surface area (Å²) in [5.41, 5.74) is -1.82. The quantitative estimate of drug-likeness (QED) is 0.309. The number of nitro groups is 1. The fraction of sp³-hybridized carbons (Fsp3) is 0.235. The number of esters is 1. The highest BCUT2D eigenvalue weighted by atomic mass is 35.5. The predicted octanol–water partition coefficient (Wildman–Crippen LogP) is 4.44. The number of halogens is 4. The number of hydrogen-bond acceptors (Lipinski definition) is 6. The van der Waals surface area contributed by atoms with Crippen molar-refractivity contribution >= 4 is 23.3 Å². The first-order valence-corrected chi connectivity index (χ1v) is 8.16. The Labute approximate surface area is 162 Å². The zero-order valence-electron chi connectivity index (χ0n) is 14.4. The molecule has 2 rings (SSSR count). The maximum absolute atomic E-state index is 12.7. The number of nitrogens with one attached hydrogen (secondary N) is 1. The van der Waals surface area contributed by atoms with Crippen LogP contribution in [0.2, 0.25) is 5.02 Å². The molecule has 0 aromatic heterocycles. The molecular weight excluding hydrogens is 405 g/mol. The number of benzene rings is 2. The molecule has 0 unspecified atom stereocenters. The number of likely N-dealkylation sites (N-methyl/N-ethyl adjacent to an activating group) is 1. The molecule has 0 bridgehead atoms. The molecule has 150 valence electrons. The minimum atomic E-state index is -4.57. The molecule has 2 aromatic carbocycles. The molecule has 0 spiro atoms. The van der Waals surface area contributed by atoms with Gasteiger partial charge in [0.25, 0.3) is 5.69 Å². The smallest absolute Gasteiger partial charge is 0.416 e. The number of rotatable bonds is 7. The van der Waals surface area contributed by atoms with Gasteiger partial charge >= 0.3 is 12.1 Å². The molecule has 7 nitrogen and oxygen atoms in total. The standard InChI is InChI=1S/C17H14ClF3N2O5/c1-22-6-7-27-16(24)12-9-11(3-4-14(12)23(25)26)28-15-5-2-10(8-13(15)18)17(19,20)21/h2-5,8-9,22H,6-7H2,1H3. The van der Waals surface area contributed by atoms with Crippen LogP contribution in [0.1, 0.15) is 15.9 Å². The fourth-order valence-electron chi connectivity index (χ4n) is 2.11. The summed E-state index contributed by atoms with van der Waals surface area (Å²) in [4.78, 5) is 22.5. The molecule has 0 saturated carbocycles. The molecule has 2 aromatic rings. The Hall–Kier alpha value is -2.85. The van der Waals surface area contributed by atoms with E-state index in [1.54, 1.807) is 7.05 Å². The monoisotopic (exact) mass is 418 g/mol. The summed E-state index contributed by atoms with van der Waals surface area (Å²) < 4.78 is 48.4. The third-order valence-electron chi connectivity index (χ3n) is 3.46. The molecule has 11 heteroatoms. The number of hydrogen-bond donors (Lipinski definition) is 1. The number of carbonyl (C=O) groups is 1. The van der Waals surface area contributed by atoms with Crippen LogP contribution in [-0.4, -0.2) is 31.1 Å². The van der Waals surface area contributed by atoms with E-state index in [0.717, 1.165) is 24.3 Å². The van der Waals surface area contributed by atoms with Gasteiger partial charge in [-0.3, -0.25) is 10.1 Å². The number of carbonyl (C=O) groups excluding carboxylic acids is 1. The zero-order valence-corrected chi connectivity index (χ0v) is 15.1. The van der Waals surface area contributed by atoms with Crippen LogP contribution in [0.25, 0.3) is 0 Å². The number of ether oxygens (including phenoxy) is 2. The largest absolute Gasteiger partial charge is 0.461 e. The van der Waals surface area contributed by atoms with Crippen molar-refractivity contribution in [1.82, 2.24) is 5.32 Å². The van der Waals surface area contributed by atoms with Crippen LogP contribution in [0, 0.1) is 10.1 Å². The average Bonchev–Trinajstić information content (AvgIpc) is 2.62. The van der Waals surface area contributed by atoms with Crippen LogP contribution < -0.4 is 10.1 Å². The fourth-order valence-corrected chi connectivity index (χ4v) is 2.33. The van der Waals surface area contributed by atoms with Crippen molar-refractivity contribution in [2.24, 2.45) is 0 Å². The van der Waals surface area contributed by atoms with Gasteiger partial charge in [-0.1, -0.05) is 11.6 Å². The molecule has 0 saturated heterocycles. The first-order chi connectivity index (χ1) is 13.1. The number of alkyl halides is 3. The van der Waals surface area contributed by atoms with Crippen molar-refractivity contribution < 1.29 is 32.4 Å². The van der Waals surface area contributed by atoms with Crippen LogP contribution in [0.15, 0.2) is 36.4 Å². The number of nitrogens with zero attached hydrogens (tertiary/aromatic N) is 1. The van der Waals surface area contributed by atoms with Crippen LogP contribution in [0.5, 0.6) is 11.5 Å². The Morgan fingerprint density at radius 2 is 1.96 bits per heavy atom. The van der Waals surface area contributed by atoms with E-state index in [9.17, 15) is 28.1 Å². The molecule has 0 aliphatic heterocycles. The zero-order chi connectivity index (χ0) is 20.9. The van der Waals surface area contributed by atoms with E-state index in [2.05, 4.69) is 5.32 Å². The van der Waals surface area contributed by atoms with E-state index in [-0.39, 0.29) is 28.7 Å². The molecule has 0 amide bonds. The van der Waals surface area contributed by atoms with Crippen LogP contribution >= 0.6 is 11.6 Å². The van der Waals surface area contributed by atoms with Crippen LogP contribution in [-0.2, 0) is 10.9 Å². The molecule has 0 fully saturated rings. The van der Waals surface area contributed by atoms with Gasteiger partial charge < -0.3 is 14.8 Å². The second-order valence-corrected chi connectivity index (χ2v) is 5.83. The van der Waals surface area contributed by atoms with Gasteiger partial charge in [0.05, 0.1) is 15.5 Å². The SMILES string of the molecule is CNCCOC(=O)c1cc(Oc2ccc(C(F)(F)F)cc2Cl)ccc1[N+](=O)[O-]. The topological polar surface area (TPSA) is 90.7 Å². The minimum Gasteiger partial charge on any atom is -0.461 e. The van der Waals surface area contributed by atoms with Crippen molar-refractivity contribution in [2.75, 3.05) is 20.2 Å². The maximum Gasteiger partial charge on any atom is 0.416 e. The number of nitro benzene ring substituents is 1. The van der Waals surface area contributed by atoms with E-state index in [4.69, 9.17) is 21.1 Å². The summed E-state index contributed by atoms with van der Waals surface area (Å²) >= 11 is 5.82. The van der Waals surface area contributed by atoms with E-state index < -0.39 is 28.3 Å². The average molecular weight is 419 g/mol. The Morgan fingerprint density at radius 1 is 1.25 bits per heavy atom. The van der Waals surface area contributed by atoms with E-state index in [1.807, 2.05) is 0 Å². The first-order valence-electron chi connectivity index (χ1n) is 7.78. The summed E-state index contributed by atoms with van der Waals surface area (Å²) in [6.07, 6.45) is -4.57. The van der Waals surface area contributed by atoms with Gasteiger partial charge in [-0.05, 0) is 31.3 Å². The van der Waals surface area contributed by atoms with E-state index in [1.165, 1.54) is 6.07 Å². The Bertz CT molecular complexity index is 890. The predicted molar refractivity (Wildman–Crippen MR) is 93.8 cm³/mol. The van der Waals surface area contributed by atoms with Crippen molar-refractivity contribution in [3.8, 4) is 11.5 Å². The Morgan fingerprint density at radius 3 is 2.54 bits per heavy atom. The second kappa shape index (κ2) is 8.89. The van der Waals surface area contributed by atoms with E-state index in [0.29, 0.717) is 12.6 Å². The lowest BCUT2D eigenvalue weighted by atomic mass is 10.1. The van der Waals surface area contributed by atoms with Crippen molar-refractivity contribution in [3.63, 3.8) is 0 Å². The highest BCUT2D eigenvalue weighted by Gasteiger charge is 2.31. The third-order valence-corrected chi connectivity index (χ3v) is 3.75. The highest BCUT2D eigenvalue weighted by Crippen LogP contribution is 2.37. The van der Waals surface area contributed by atoms with Gasteiger partial charge in [0.15, 0.2) is 0 Å². The molecule has 28 heavy (non-hydrogen) atoms. The van der Waals surface area contributed by atoms with Crippen LogP contribution in [0.4, 0.5) is 18.9 Å². The molecule has 0 aliphatic rings. The van der Waals surface area contributed by atoms with Gasteiger partial charge in [-0.25, -0.2) is 4.79 Å². The summed E-state index contributed by atoms with van der Waals surface area (Å²) in [6.45, 7) is 0.333. The normalized spacial score (nSPS) is 11.2. The van der Waals surface area contributed by atoms with Crippen molar-refractivity contribution in [2.45, 2.75) is 6.18 Å². The second-order valence-electron chi connectivity index (χ2n) is 5.42. The van der Waals surface area contributed by atoms with Crippen molar-refractivity contribution in [1.29, 1.82) is 0 Å². The van der Waals surface area contributed by atoms with E-state index >= 15 is 0 Å². The van der Waals surface area contributed by atoms with Gasteiger partial charge in [0.2, 0.25) is 0 Å². The lowest BCUT2D eigenvalue weighted by Crippen LogP contribution is -2.18. The lowest BCUT2D eigenvalue weighted by molar-refractivity contribution is -0.385. The molecule has 0 aliphatic carbocycles. The highest BCUT2D eigenvalue weighted by molar-refractivity contribution is 6.32. The summed E-state index contributed by atoms with van der Waals surface area (Å²) in [5, 5.41) is 13.6. The Kier molecular flexibility index (Phi) is 6.81.